The minimum absolute atomic E-state index is 0.0590. The van der Waals surface area contributed by atoms with Crippen LogP contribution in [0.15, 0.2) is 138 Å². The Balaban J connectivity index is 0.838. The van der Waals surface area contributed by atoms with Crippen molar-refractivity contribution in [3.63, 3.8) is 0 Å². The summed E-state index contributed by atoms with van der Waals surface area (Å²) < 4.78 is 12.1. The second-order valence-corrected chi connectivity index (χ2v) is 15.3. The number of amides is 1. The predicted molar refractivity (Wildman–Crippen MR) is 232 cm³/mol. The summed E-state index contributed by atoms with van der Waals surface area (Å²) in [6.07, 6.45) is 1.70. The van der Waals surface area contributed by atoms with E-state index in [1.807, 2.05) is 72.8 Å². The number of carbonyl (C=O) groups excluding carboxylic acids is 2. The molecule has 5 N–H and O–H groups in total. The Labute approximate surface area is 350 Å². The lowest BCUT2D eigenvalue weighted by molar-refractivity contribution is -0.146. The summed E-state index contributed by atoms with van der Waals surface area (Å²) in [4.78, 5) is 43.4. The molecule has 310 valence electrons. The number of benzene rings is 5. The van der Waals surface area contributed by atoms with Crippen LogP contribution in [0.3, 0.4) is 0 Å². The first kappa shape index (κ1) is 41.9. The molecule has 1 unspecified atom stereocenters. The SMILES string of the molecule is O=C(NCCCOc1cccc(C(C(=O)OCC2CCN(Cc3ccccc3)CC2)c2ccccc2)c1)c1ccc(CNC[C@H](O)c2ccc(O)c3[nH]c(=O)ccc23)cc1. The maximum atomic E-state index is 13.7. The number of aromatic hydroxyl groups is 1. The smallest absolute Gasteiger partial charge is 0.317 e. The molecule has 60 heavy (non-hydrogen) atoms. The standard InChI is InChI=1S/C49H52N4O7/c54-43-21-19-41(42-20-22-45(56)52-47(42)43)44(55)31-50-30-34-15-17-38(18-16-34)48(57)51-25-8-28-59-40-14-7-13-39(29-40)46(37-11-5-2-6-12-37)49(58)60-33-36-23-26-53(27-24-36)32-35-9-3-1-4-10-35/h1-7,9-22,29,36,44,46,50,54-55H,8,23-28,30-33H2,(H,51,57)(H,52,56)/t44-,46?/m0/s1. The third-order valence-corrected chi connectivity index (χ3v) is 11.0. The van der Waals surface area contributed by atoms with Gasteiger partial charge in [-0.15, -0.1) is 0 Å². The van der Waals surface area contributed by atoms with Crippen LogP contribution < -0.4 is 20.9 Å². The highest BCUT2D eigenvalue weighted by atomic mass is 16.5. The van der Waals surface area contributed by atoms with E-state index in [4.69, 9.17) is 9.47 Å². The van der Waals surface area contributed by atoms with Gasteiger partial charge in [0.25, 0.3) is 5.91 Å². The lowest BCUT2D eigenvalue weighted by Gasteiger charge is -2.32. The molecule has 0 saturated carbocycles. The number of pyridine rings is 1. The van der Waals surface area contributed by atoms with Gasteiger partial charge in [-0.1, -0.05) is 91.0 Å². The Morgan fingerprint density at radius 2 is 1.55 bits per heavy atom. The monoisotopic (exact) mass is 808 g/mol. The van der Waals surface area contributed by atoms with Crippen LogP contribution in [0.2, 0.25) is 0 Å². The molecule has 0 radical (unpaired) electrons. The van der Waals surface area contributed by atoms with Gasteiger partial charge in [-0.3, -0.25) is 19.3 Å². The third-order valence-electron chi connectivity index (χ3n) is 11.0. The summed E-state index contributed by atoms with van der Waals surface area (Å²) in [5.41, 5.74) is 4.99. The normalized spacial score (nSPS) is 14.3. The zero-order valence-corrected chi connectivity index (χ0v) is 33.6. The van der Waals surface area contributed by atoms with E-state index in [0.29, 0.717) is 60.9 Å². The van der Waals surface area contributed by atoms with Gasteiger partial charge in [0.15, 0.2) is 0 Å². The van der Waals surface area contributed by atoms with Gasteiger partial charge in [0.05, 0.1) is 24.8 Å². The van der Waals surface area contributed by atoms with Crippen molar-refractivity contribution in [1.29, 1.82) is 0 Å². The number of esters is 1. The fraction of sp³-hybridized carbons (Fsp3) is 0.286. The number of hydrogen-bond donors (Lipinski definition) is 5. The van der Waals surface area contributed by atoms with E-state index in [0.717, 1.165) is 49.2 Å². The number of nitrogens with zero attached hydrogens (tertiary/aromatic N) is 1. The van der Waals surface area contributed by atoms with Gasteiger partial charge in [-0.25, -0.2) is 0 Å². The van der Waals surface area contributed by atoms with Crippen molar-refractivity contribution in [2.75, 3.05) is 39.4 Å². The van der Waals surface area contributed by atoms with Crippen molar-refractivity contribution < 1.29 is 29.3 Å². The highest BCUT2D eigenvalue weighted by Crippen LogP contribution is 2.31. The average molecular weight is 809 g/mol. The number of fused-ring (bicyclic) bond motifs is 1. The van der Waals surface area contributed by atoms with Gasteiger partial charge < -0.3 is 35.3 Å². The Kier molecular flexibility index (Phi) is 14.4. The van der Waals surface area contributed by atoms with E-state index in [9.17, 15) is 24.6 Å². The highest BCUT2D eigenvalue weighted by molar-refractivity contribution is 5.94. The number of nitrogens with one attached hydrogen (secondary N) is 3. The fourth-order valence-corrected chi connectivity index (χ4v) is 7.68. The number of carbonyl (C=O) groups is 2. The second-order valence-electron chi connectivity index (χ2n) is 15.3. The number of H-pyrrole nitrogens is 1. The number of hydrogen-bond acceptors (Lipinski definition) is 9. The van der Waals surface area contributed by atoms with Crippen LogP contribution in [-0.4, -0.2) is 71.4 Å². The maximum absolute atomic E-state index is 13.7. The molecule has 2 atom stereocenters. The molecule has 1 saturated heterocycles. The molecule has 11 heteroatoms. The molecule has 1 fully saturated rings. The van der Waals surface area contributed by atoms with Gasteiger partial charge >= 0.3 is 5.97 Å². The number of aromatic amines is 1. The topological polar surface area (TPSA) is 153 Å². The van der Waals surface area contributed by atoms with Crippen LogP contribution in [0.5, 0.6) is 11.5 Å². The molecule has 1 aliphatic rings. The van der Waals surface area contributed by atoms with Crippen molar-refractivity contribution in [2.45, 2.75) is 44.4 Å². The summed E-state index contributed by atoms with van der Waals surface area (Å²) in [5, 5.41) is 27.7. The van der Waals surface area contributed by atoms with Gasteiger partial charge in [0.1, 0.15) is 17.4 Å². The fourth-order valence-electron chi connectivity index (χ4n) is 7.68. The molecule has 0 spiro atoms. The van der Waals surface area contributed by atoms with Gasteiger partial charge in [0, 0.05) is 43.2 Å². The first-order valence-corrected chi connectivity index (χ1v) is 20.6. The molecule has 1 amide bonds. The van der Waals surface area contributed by atoms with Crippen LogP contribution in [0.4, 0.5) is 0 Å². The van der Waals surface area contributed by atoms with Crippen LogP contribution in [0.25, 0.3) is 10.9 Å². The van der Waals surface area contributed by atoms with Gasteiger partial charge in [-0.05, 0) is 102 Å². The van der Waals surface area contributed by atoms with Crippen molar-refractivity contribution in [3.8, 4) is 11.5 Å². The Bertz CT molecular complexity index is 2380. The molecule has 1 aliphatic heterocycles. The summed E-state index contributed by atoms with van der Waals surface area (Å²) >= 11 is 0. The molecule has 11 nitrogen and oxygen atoms in total. The highest BCUT2D eigenvalue weighted by Gasteiger charge is 2.27. The Hall–Kier alpha value is -6.27. The average Bonchev–Trinajstić information content (AvgIpc) is 3.27. The molecule has 6 aromatic rings. The summed E-state index contributed by atoms with van der Waals surface area (Å²) in [5.74, 6) is -0.125. The van der Waals surface area contributed by atoms with E-state index in [1.165, 1.54) is 17.7 Å². The number of rotatable bonds is 18. The quantitative estimate of drug-likeness (QED) is 0.0464. The van der Waals surface area contributed by atoms with Crippen molar-refractivity contribution in [2.24, 2.45) is 5.92 Å². The van der Waals surface area contributed by atoms with Crippen molar-refractivity contribution in [1.82, 2.24) is 20.5 Å². The van der Waals surface area contributed by atoms with Crippen LogP contribution in [0.1, 0.15) is 69.5 Å². The molecule has 0 bridgehead atoms. The van der Waals surface area contributed by atoms with E-state index >= 15 is 0 Å². The first-order chi connectivity index (χ1) is 29.3. The van der Waals surface area contributed by atoms with Gasteiger partial charge in [-0.2, -0.15) is 0 Å². The van der Waals surface area contributed by atoms with E-state index < -0.39 is 12.0 Å². The molecule has 2 heterocycles. The maximum Gasteiger partial charge on any atom is 0.317 e. The van der Waals surface area contributed by atoms with Crippen LogP contribution in [-0.2, 0) is 22.6 Å². The summed E-state index contributed by atoms with van der Waals surface area (Å²) in [6.45, 7) is 4.82. The number of piperidine rings is 1. The molecule has 0 aliphatic carbocycles. The third kappa shape index (κ3) is 11.3. The summed E-state index contributed by atoms with van der Waals surface area (Å²) in [6, 6.07) is 41.1. The Morgan fingerprint density at radius 1 is 0.817 bits per heavy atom. The second kappa shape index (κ2) is 20.6. The van der Waals surface area contributed by atoms with Crippen molar-refractivity contribution >= 4 is 22.8 Å². The number of ether oxygens (including phenoxy) is 2. The minimum Gasteiger partial charge on any atom is -0.506 e. The van der Waals surface area contributed by atoms with E-state index in [2.05, 4.69) is 44.8 Å². The number of aliphatic hydroxyl groups is 1. The molecule has 5 aromatic carbocycles. The zero-order valence-electron chi connectivity index (χ0n) is 33.6. The largest absolute Gasteiger partial charge is 0.506 e. The molecule has 7 rings (SSSR count). The lowest BCUT2D eigenvalue weighted by Crippen LogP contribution is -2.35. The van der Waals surface area contributed by atoms with Crippen LogP contribution in [0, 0.1) is 5.92 Å². The predicted octanol–water partition coefficient (Wildman–Crippen LogP) is 6.84. The lowest BCUT2D eigenvalue weighted by atomic mass is 9.91. The minimum atomic E-state index is -0.873. The molecular formula is C49H52N4O7. The molecule has 1 aromatic heterocycles. The Morgan fingerprint density at radius 3 is 2.32 bits per heavy atom. The van der Waals surface area contributed by atoms with E-state index in [1.54, 1.807) is 24.3 Å². The number of aliphatic hydroxyl groups excluding tert-OH is 1. The summed E-state index contributed by atoms with van der Waals surface area (Å²) in [7, 11) is 0. The number of aromatic nitrogens is 1. The van der Waals surface area contributed by atoms with Gasteiger partial charge in [0.2, 0.25) is 5.56 Å². The van der Waals surface area contributed by atoms with Crippen molar-refractivity contribution in [3.05, 3.63) is 177 Å². The molecular weight excluding hydrogens is 757 g/mol. The number of likely N-dealkylation sites (tertiary alicyclic amines) is 1. The van der Waals surface area contributed by atoms with E-state index in [-0.39, 0.29) is 35.2 Å². The number of phenols is 1. The van der Waals surface area contributed by atoms with Crippen LogP contribution >= 0.6 is 0 Å². The zero-order chi connectivity index (χ0) is 41.7. The first-order valence-electron chi connectivity index (χ1n) is 20.6. The number of phenolic OH excluding ortho intramolecular Hbond substituents is 1.